The van der Waals surface area contributed by atoms with Crippen molar-refractivity contribution in [1.82, 2.24) is 9.62 Å². The predicted molar refractivity (Wildman–Crippen MR) is 148 cm³/mol. The third-order valence-corrected chi connectivity index (χ3v) is 7.77. The van der Waals surface area contributed by atoms with Crippen molar-refractivity contribution in [2.75, 3.05) is 14.1 Å². The number of carbonyl (C=O) groups is 1. The normalized spacial score (nSPS) is 12.0. The number of nitrogens with zero attached hydrogens (tertiary/aromatic N) is 1. The van der Waals surface area contributed by atoms with Crippen LogP contribution in [0.25, 0.3) is 11.1 Å². The van der Waals surface area contributed by atoms with Gasteiger partial charge in [-0.1, -0.05) is 70.2 Å². The van der Waals surface area contributed by atoms with Crippen molar-refractivity contribution >= 4 is 15.9 Å². The minimum atomic E-state index is -4.02. The maximum absolute atomic E-state index is 15.0. The van der Waals surface area contributed by atoms with Gasteiger partial charge in [0, 0.05) is 12.1 Å². The second kappa shape index (κ2) is 11.6. The van der Waals surface area contributed by atoms with E-state index in [1.165, 1.54) is 12.1 Å². The van der Waals surface area contributed by atoms with Crippen LogP contribution in [-0.4, -0.2) is 33.3 Å². The molecule has 0 radical (unpaired) electrons. The van der Waals surface area contributed by atoms with E-state index in [1.807, 2.05) is 64.9 Å². The molecule has 0 aliphatic rings. The van der Waals surface area contributed by atoms with Gasteiger partial charge >= 0.3 is 0 Å². The number of sulfonamides is 1. The van der Waals surface area contributed by atoms with Crippen molar-refractivity contribution in [2.24, 2.45) is 0 Å². The monoisotopic (exact) mass is 524 g/mol. The Bertz CT molecular complexity index is 1350. The Morgan fingerprint density at radius 1 is 0.946 bits per heavy atom. The average molecular weight is 525 g/mol. The molecule has 0 aliphatic heterocycles. The standard InChI is InChI=1S/C30H37FN2O3S/c1-19(2)26-15-23(25-10-8-9-21(5)30(25)31)16-27(20(3)4)28(26)17-29(34)32-37(35,36)24-13-11-22(12-14-24)18-33(6)7/h8-16,19-20H,17-18H2,1-7H3,(H,32,34). The van der Waals surface area contributed by atoms with Crippen LogP contribution in [-0.2, 0) is 27.8 Å². The molecule has 3 aromatic rings. The Labute approximate surface area is 220 Å². The Hall–Kier alpha value is -3.03. The third-order valence-electron chi connectivity index (χ3n) is 6.38. The zero-order valence-electron chi connectivity index (χ0n) is 22.7. The number of hydrogen-bond acceptors (Lipinski definition) is 4. The molecule has 0 atom stereocenters. The first-order chi connectivity index (χ1) is 17.3. The summed E-state index contributed by atoms with van der Waals surface area (Å²) in [6, 6.07) is 15.7. The van der Waals surface area contributed by atoms with Crippen LogP contribution in [0.15, 0.2) is 59.5 Å². The van der Waals surface area contributed by atoms with Crippen molar-refractivity contribution < 1.29 is 17.6 Å². The predicted octanol–water partition coefficient (Wildman–Crippen LogP) is 6.16. The summed E-state index contributed by atoms with van der Waals surface area (Å²) in [7, 11) is -0.143. The van der Waals surface area contributed by atoms with Gasteiger partial charge in [0.2, 0.25) is 5.91 Å². The summed E-state index contributed by atoms with van der Waals surface area (Å²) >= 11 is 0. The Morgan fingerprint density at radius 3 is 2.03 bits per heavy atom. The molecule has 3 rings (SSSR count). The molecule has 1 N–H and O–H groups in total. The summed E-state index contributed by atoms with van der Waals surface area (Å²) in [4.78, 5) is 15.1. The lowest BCUT2D eigenvalue weighted by Gasteiger charge is -2.22. The van der Waals surface area contributed by atoms with E-state index in [4.69, 9.17) is 0 Å². The first-order valence-electron chi connectivity index (χ1n) is 12.5. The molecule has 37 heavy (non-hydrogen) atoms. The van der Waals surface area contributed by atoms with Crippen LogP contribution in [0.4, 0.5) is 4.39 Å². The molecule has 0 bridgehead atoms. The summed E-state index contributed by atoms with van der Waals surface area (Å²) < 4.78 is 43.1. The van der Waals surface area contributed by atoms with Crippen LogP contribution in [0, 0.1) is 12.7 Å². The fourth-order valence-electron chi connectivity index (χ4n) is 4.52. The zero-order valence-corrected chi connectivity index (χ0v) is 23.5. The first-order valence-corrected chi connectivity index (χ1v) is 14.0. The van der Waals surface area contributed by atoms with Gasteiger partial charge in [0.25, 0.3) is 10.0 Å². The van der Waals surface area contributed by atoms with E-state index in [0.29, 0.717) is 17.7 Å². The molecule has 0 fully saturated rings. The zero-order chi connectivity index (χ0) is 27.5. The molecule has 198 valence electrons. The number of carbonyl (C=O) groups excluding carboxylic acids is 1. The summed E-state index contributed by atoms with van der Waals surface area (Å²) in [5, 5.41) is 0. The third kappa shape index (κ3) is 6.84. The number of benzene rings is 3. The number of rotatable bonds is 9. The highest BCUT2D eigenvalue weighted by Gasteiger charge is 2.23. The van der Waals surface area contributed by atoms with E-state index in [-0.39, 0.29) is 29.0 Å². The van der Waals surface area contributed by atoms with Crippen LogP contribution in [0.2, 0.25) is 0 Å². The molecule has 3 aromatic carbocycles. The maximum Gasteiger partial charge on any atom is 0.264 e. The largest absolute Gasteiger partial charge is 0.305 e. The van der Waals surface area contributed by atoms with Gasteiger partial charge in [-0.05, 0) is 78.4 Å². The first kappa shape index (κ1) is 28.5. The van der Waals surface area contributed by atoms with E-state index in [1.54, 1.807) is 31.2 Å². The van der Waals surface area contributed by atoms with Crippen molar-refractivity contribution in [3.63, 3.8) is 0 Å². The van der Waals surface area contributed by atoms with Gasteiger partial charge < -0.3 is 4.90 Å². The SMILES string of the molecule is Cc1cccc(-c2cc(C(C)C)c(CC(=O)NS(=O)(=O)c3ccc(CN(C)C)cc3)c(C(C)C)c2)c1F. The molecular formula is C30H37FN2O3S. The molecule has 0 saturated heterocycles. The molecule has 0 aliphatic carbocycles. The number of aryl methyl sites for hydroxylation is 1. The summed E-state index contributed by atoms with van der Waals surface area (Å²) in [6.45, 7) is 10.5. The van der Waals surface area contributed by atoms with Crippen LogP contribution in [0.5, 0.6) is 0 Å². The second-order valence-electron chi connectivity index (χ2n) is 10.5. The number of amides is 1. The Kier molecular flexibility index (Phi) is 8.92. The van der Waals surface area contributed by atoms with Crippen LogP contribution < -0.4 is 4.72 Å². The van der Waals surface area contributed by atoms with E-state index < -0.39 is 15.9 Å². The average Bonchev–Trinajstić information content (AvgIpc) is 2.80. The van der Waals surface area contributed by atoms with E-state index in [2.05, 4.69) is 4.72 Å². The fourth-order valence-corrected chi connectivity index (χ4v) is 5.51. The number of hydrogen-bond donors (Lipinski definition) is 1. The van der Waals surface area contributed by atoms with Crippen LogP contribution in [0.1, 0.15) is 67.3 Å². The molecule has 1 amide bonds. The molecule has 0 unspecified atom stereocenters. The number of nitrogens with one attached hydrogen (secondary N) is 1. The van der Waals surface area contributed by atoms with Crippen molar-refractivity contribution in [2.45, 2.75) is 64.3 Å². The lowest BCUT2D eigenvalue weighted by molar-refractivity contribution is -0.118. The highest BCUT2D eigenvalue weighted by Crippen LogP contribution is 2.35. The van der Waals surface area contributed by atoms with Gasteiger partial charge in [-0.25, -0.2) is 17.5 Å². The van der Waals surface area contributed by atoms with Crippen LogP contribution >= 0.6 is 0 Å². The molecule has 0 spiro atoms. The molecule has 0 saturated carbocycles. The molecule has 5 nitrogen and oxygen atoms in total. The fraction of sp³-hybridized carbons (Fsp3) is 0.367. The lowest BCUT2D eigenvalue weighted by Crippen LogP contribution is -2.32. The van der Waals surface area contributed by atoms with E-state index >= 15 is 0 Å². The Morgan fingerprint density at radius 2 is 1.51 bits per heavy atom. The van der Waals surface area contributed by atoms with Gasteiger partial charge in [0.05, 0.1) is 11.3 Å². The molecule has 0 heterocycles. The molecule has 0 aromatic heterocycles. The van der Waals surface area contributed by atoms with Gasteiger partial charge in [0.1, 0.15) is 5.82 Å². The van der Waals surface area contributed by atoms with Gasteiger partial charge in [-0.2, -0.15) is 0 Å². The molecule has 7 heteroatoms. The highest BCUT2D eigenvalue weighted by molar-refractivity contribution is 7.90. The number of halogens is 1. The van der Waals surface area contributed by atoms with Crippen molar-refractivity contribution in [3.05, 3.63) is 88.2 Å². The summed E-state index contributed by atoms with van der Waals surface area (Å²) in [6.07, 6.45) is -0.0877. The lowest BCUT2D eigenvalue weighted by atomic mass is 9.83. The quantitative estimate of drug-likeness (QED) is 0.364. The van der Waals surface area contributed by atoms with Crippen molar-refractivity contribution in [3.8, 4) is 11.1 Å². The van der Waals surface area contributed by atoms with Gasteiger partial charge in [-0.3, -0.25) is 4.79 Å². The Balaban J connectivity index is 1.95. The highest BCUT2D eigenvalue weighted by atomic mass is 32.2. The van der Waals surface area contributed by atoms with Crippen LogP contribution in [0.3, 0.4) is 0 Å². The van der Waals surface area contributed by atoms with E-state index in [0.717, 1.165) is 27.8 Å². The minimum absolute atomic E-state index is 0.0433. The van der Waals surface area contributed by atoms with Crippen molar-refractivity contribution in [1.29, 1.82) is 0 Å². The summed E-state index contributed by atoms with van der Waals surface area (Å²) in [5.74, 6) is -0.765. The summed E-state index contributed by atoms with van der Waals surface area (Å²) in [5.41, 5.74) is 5.41. The van der Waals surface area contributed by atoms with E-state index in [9.17, 15) is 17.6 Å². The topological polar surface area (TPSA) is 66.5 Å². The second-order valence-corrected chi connectivity index (χ2v) is 12.1. The van der Waals surface area contributed by atoms with Gasteiger partial charge in [0.15, 0.2) is 0 Å². The van der Waals surface area contributed by atoms with Gasteiger partial charge in [-0.15, -0.1) is 0 Å². The minimum Gasteiger partial charge on any atom is -0.305 e. The molecular weight excluding hydrogens is 487 g/mol. The maximum atomic E-state index is 15.0. The smallest absolute Gasteiger partial charge is 0.264 e.